The quantitative estimate of drug-likeness (QED) is 0.178. The Kier molecular flexibility index (Phi) is 16.8. The summed E-state index contributed by atoms with van der Waals surface area (Å²) in [6, 6.07) is 0. The molecule has 0 radical (unpaired) electrons. The van der Waals surface area contributed by atoms with Crippen molar-refractivity contribution in [2.45, 2.75) is 118 Å². The number of ether oxygens (including phenoxy) is 5. The van der Waals surface area contributed by atoms with Crippen molar-refractivity contribution >= 4 is 17.9 Å². The minimum atomic E-state index is -1.99. The lowest BCUT2D eigenvalue weighted by atomic mass is 9.76. The Hall–Kier alpha value is -3.29. The Morgan fingerprint density at radius 2 is 1.71 bits per heavy atom. The Labute approximate surface area is 302 Å². The normalized spacial score (nSPS) is 37.1. The molecule has 12 atom stereocenters. The van der Waals surface area contributed by atoms with Crippen LogP contribution in [0.4, 0.5) is 0 Å². The zero-order valence-corrected chi connectivity index (χ0v) is 31.9. The number of allylic oxidation sites excluding steroid dienone is 5. The van der Waals surface area contributed by atoms with E-state index in [0.717, 1.165) is 11.6 Å². The molecule has 4 N–H and O–H groups in total. The second-order valence-corrected chi connectivity index (χ2v) is 14.6. The summed E-state index contributed by atoms with van der Waals surface area (Å²) in [4.78, 5) is 37.1. The summed E-state index contributed by atoms with van der Waals surface area (Å²) in [5.41, 5.74) is 1.70. The lowest BCUT2D eigenvalue weighted by Crippen LogP contribution is -2.59. The average molecular weight is 721 g/mol. The highest BCUT2D eigenvalue weighted by atomic mass is 16.6. The maximum atomic E-state index is 13.6. The van der Waals surface area contributed by atoms with Crippen molar-refractivity contribution in [2.75, 3.05) is 14.2 Å². The van der Waals surface area contributed by atoms with E-state index in [4.69, 9.17) is 28.8 Å². The molecule has 0 aromatic heterocycles. The number of methoxy groups -OCH3 is 2. The molecule has 0 aliphatic carbocycles. The number of aliphatic hydroxyl groups is 3. The van der Waals surface area contributed by atoms with Crippen LogP contribution in [0.1, 0.15) is 75.2 Å². The van der Waals surface area contributed by atoms with Crippen LogP contribution in [0.2, 0.25) is 0 Å². The van der Waals surface area contributed by atoms with Crippen LogP contribution in [-0.4, -0.2) is 95.0 Å². The molecule has 0 unspecified atom stereocenters. The summed E-state index contributed by atoms with van der Waals surface area (Å²) in [7, 11) is 2.80. The maximum absolute atomic E-state index is 13.6. The first-order valence-corrected chi connectivity index (χ1v) is 17.7. The van der Waals surface area contributed by atoms with Crippen LogP contribution in [-0.2, 0) is 38.1 Å². The van der Waals surface area contributed by atoms with E-state index < -0.39 is 72.2 Å². The summed E-state index contributed by atoms with van der Waals surface area (Å²) < 4.78 is 29.1. The van der Waals surface area contributed by atoms with Crippen molar-refractivity contribution in [3.8, 4) is 0 Å². The Bertz CT molecular complexity index is 1350. The van der Waals surface area contributed by atoms with Crippen molar-refractivity contribution in [1.29, 1.82) is 0 Å². The summed E-state index contributed by atoms with van der Waals surface area (Å²) in [6.07, 6.45) is 5.37. The fourth-order valence-corrected chi connectivity index (χ4v) is 7.00. The number of carboxylic acids is 1. The van der Waals surface area contributed by atoms with Gasteiger partial charge in [0.1, 0.15) is 18.3 Å². The van der Waals surface area contributed by atoms with Gasteiger partial charge in [-0.15, -0.1) is 0 Å². The minimum absolute atomic E-state index is 0.0458. The van der Waals surface area contributed by atoms with Gasteiger partial charge in [0.2, 0.25) is 5.76 Å². The van der Waals surface area contributed by atoms with Gasteiger partial charge in [0.05, 0.1) is 25.4 Å². The molecule has 0 aromatic carbocycles. The molecule has 0 aromatic rings. The molecule has 288 valence electrons. The lowest BCUT2D eigenvalue weighted by molar-refractivity contribution is -0.329. The van der Waals surface area contributed by atoms with Gasteiger partial charge in [-0.3, -0.25) is 0 Å². The molecule has 0 saturated carbocycles. The molecule has 12 nitrogen and oxygen atoms in total. The second-order valence-electron chi connectivity index (χ2n) is 14.6. The van der Waals surface area contributed by atoms with Crippen molar-refractivity contribution in [3.63, 3.8) is 0 Å². The molecule has 0 bridgehead atoms. The number of hydrogen-bond acceptors (Lipinski definition) is 11. The Balaban J connectivity index is 2.55. The monoisotopic (exact) mass is 720 g/mol. The topological polar surface area (TPSA) is 178 Å². The minimum Gasteiger partial charge on any atom is -0.490 e. The van der Waals surface area contributed by atoms with Gasteiger partial charge in [-0.2, -0.15) is 0 Å². The summed E-state index contributed by atoms with van der Waals surface area (Å²) >= 11 is 0. The van der Waals surface area contributed by atoms with E-state index in [2.05, 4.69) is 0 Å². The molecular formula is C39H60O12. The first-order valence-electron chi connectivity index (χ1n) is 17.7. The van der Waals surface area contributed by atoms with Gasteiger partial charge in [-0.05, 0) is 38.2 Å². The highest BCUT2D eigenvalue weighted by Crippen LogP contribution is 2.42. The Morgan fingerprint density at radius 3 is 2.27 bits per heavy atom. The Morgan fingerprint density at radius 1 is 1.06 bits per heavy atom. The third-order valence-corrected chi connectivity index (χ3v) is 10.1. The third-order valence-electron chi connectivity index (χ3n) is 10.1. The van der Waals surface area contributed by atoms with Crippen LogP contribution in [0.25, 0.3) is 0 Å². The average Bonchev–Trinajstić information content (AvgIpc) is 3.06. The molecule has 2 heterocycles. The van der Waals surface area contributed by atoms with Gasteiger partial charge in [0.25, 0.3) is 0 Å². The molecule has 51 heavy (non-hydrogen) atoms. The van der Waals surface area contributed by atoms with Gasteiger partial charge >= 0.3 is 17.9 Å². The fraction of sp³-hybridized carbons (Fsp3) is 0.667. The lowest BCUT2D eigenvalue weighted by Gasteiger charge is -2.50. The number of cyclic esters (lactones) is 1. The van der Waals surface area contributed by atoms with Crippen molar-refractivity contribution < 1.29 is 58.5 Å². The van der Waals surface area contributed by atoms with Crippen molar-refractivity contribution in [1.82, 2.24) is 0 Å². The van der Waals surface area contributed by atoms with Crippen molar-refractivity contribution in [3.05, 3.63) is 59.4 Å². The molecule has 2 rings (SSSR count). The number of rotatable bonds is 10. The van der Waals surface area contributed by atoms with Gasteiger partial charge in [0.15, 0.2) is 5.79 Å². The van der Waals surface area contributed by atoms with E-state index in [0.29, 0.717) is 18.1 Å². The third kappa shape index (κ3) is 12.1. The summed E-state index contributed by atoms with van der Waals surface area (Å²) in [5, 5.41) is 43.8. The van der Waals surface area contributed by atoms with E-state index in [1.807, 2.05) is 53.7 Å². The van der Waals surface area contributed by atoms with Crippen LogP contribution in [0.15, 0.2) is 59.4 Å². The largest absolute Gasteiger partial charge is 0.490 e. The zero-order valence-electron chi connectivity index (χ0n) is 31.9. The van der Waals surface area contributed by atoms with E-state index in [1.54, 1.807) is 32.9 Å². The maximum Gasteiger partial charge on any atom is 0.373 e. The van der Waals surface area contributed by atoms with E-state index in [1.165, 1.54) is 20.3 Å². The van der Waals surface area contributed by atoms with Gasteiger partial charge < -0.3 is 44.1 Å². The molecule has 1 fully saturated rings. The van der Waals surface area contributed by atoms with Gasteiger partial charge in [-0.25, -0.2) is 14.4 Å². The molecule has 12 heteroatoms. The first kappa shape index (κ1) is 43.9. The van der Waals surface area contributed by atoms with Crippen molar-refractivity contribution in [2.24, 2.45) is 35.5 Å². The highest BCUT2D eigenvalue weighted by Gasteiger charge is 2.53. The molecule has 2 aliphatic rings. The molecule has 2 aliphatic heterocycles. The first-order chi connectivity index (χ1) is 23.8. The summed E-state index contributed by atoms with van der Waals surface area (Å²) in [6.45, 7) is 16.5. The van der Waals surface area contributed by atoms with E-state index >= 15 is 0 Å². The van der Waals surface area contributed by atoms with Crippen LogP contribution in [0.5, 0.6) is 0 Å². The molecule has 1 saturated heterocycles. The highest BCUT2D eigenvalue weighted by molar-refractivity contribution is 5.90. The second kappa shape index (κ2) is 19.5. The van der Waals surface area contributed by atoms with E-state index in [-0.39, 0.29) is 35.9 Å². The molecule has 0 spiro atoms. The standard InChI is InChI=1S/C39H60O12/c1-21(2)36-26(7)31(49-33(42)16-15-32(40)41)20-39(46,51-36)28(9)35(44)27(8)37-29(47-10)14-12-13-22(3)17-24(5)34(43)25(6)18-23(4)19-30(48-11)38(45)50-37/h12-16,18-19,21,24-29,31,34-37,43-44,46H,17,20H2,1-11H3,(H,40,41)/b14-12+,16-15+,22-13+,23-18-,30-19-/t24-,25+,26+,27+,28-,29+,31-,34-,35-,36-,37+,39-/m0/s1. The number of carbonyl (C=O) groups is 3. The van der Waals surface area contributed by atoms with Crippen LogP contribution in [0, 0.1) is 35.5 Å². The number of esters is 2. The number of aliphatic carboxylic acids is 1. The zero-order chi connectivity index (χ0) is 38.8. The smallest absolute Gasteiger partial charge is 0.373 e. The molecular weight excluding hydrogens is 660 g/mol. The predicted molar refractivity (Wildman–Crippen MR) is 191 cm³/mol. The van der Waals surface area contributed by atoms with Crippen LogP contribution >= 0.6 is 0 Å². The van der Waals surface area contributed by atoms with Crippen LogP contribution < -0.4 is 0 Å². The van der Waals surface area contributed by atoms with E-state index in [9.17, 15) is 29.7 Å². The number of hydrogen-bond donors (Lipinski definition) is 4. The van der Waals surface area contributed by atoms with Gasteiger partial charge in [0, 0.05) is 49.4 Å². The fourth-order valence-electron chi connectivity index (χ4n) is 7.00. The number of carboxylic acid groups (broad SMARTS) is 1. The predicted octanol–water partition coefficient (Wildman–Crippen LogP) is 4.88. The summed E-state index contributed by atoms with van der Waals surface area (Å²) in [5.74, 6) is -7.68. The van der Waals surface area contributed by atoms with Crippen LogP contribution in [0.3, 0.4) is 0 Å². The number of carbonyl (C=O) groups excluding carboxylic acids is 2. The molecule has 0 amide bonds. The number of aliphatic hydroxyl groups excluding tert-OH is 2. The SMILES string of the molecule is CO/C1=C\C(C)=C/[C@@H](C)[C@@H](O)[C@@H](C)C/C(C)=C/C=C/[C@@H](OC)[C@@H]([C@H](C)[C@H](O)[C@H](C)[C@]2(O)C[C@H](OC(=O)/C=C/C(=O)O)[C@@H](C)[C@H](C(C)C)O2)OC1=O. The van der Waals surface area contributed by atoms with Gasteiger partial charge in [-0.1, -0.05) is 83.9 Å².